The Kier molecular flexibility index (Phi) is 10.3. The van der Waals surface area contributed by atoms with Crippen LogP contribution >= 0.6 is 17.1 Å². The van der Waals surface area contributed by atoms with E-state index in [9.17, 15) is 0 Å². The Hall–Kier alpha value is 1.61. The smallest absolute Gasteiger partial charge is 0.242 e. The molecule has 0 rings (SSSR count). The molecular weight excluding hydrogens is 271 g/mol. The predicted octanol–water partition coefficient (Wildman–Crippen LogP) is 1.73. The molecule has 0 unspecified atom stereocenters. The topological polar surface area (TPSA) is 40.5 Å². The molecular formula is C4H11MoO2PS2. The molecule has 2 N–H and O–H groups in total. The van der Waals surface area contributed by atoms with Crippen LogP contribution in [0.2, 0.25) is 0 Å². The molecule has 0 aromatic heterocycles. The van der Waals surface area contributed by atoms with Gasteiger partial charge in [0.15, 0.2) is 0 Å². The summed E-state index contributed by atoms with van der Waals surface area (Å²) in [5, 5.41) is 0. The van der Waals surface area contributed by atoms with Gasteiger partial charge >= 0.3 is 0 Å². The summed E-state index contributed by atoms with van der Waals surface area (Å²) in [5.74, 6) is 0.765. The molecule has 0 aliphatic heterocycles. The first-order valence-corrected chi connectivity index (χ1v) is 7.06. The van der Waals surface area contributed by atoms with E-state index in [1.807, 2.05) is 0 Å². The molecule has 0 aliphatic rings. The molecule has 0 radical (unpaired) electrons. The Bertz CT molecular complexity index is 116. The van der Waals surface area contributed by atoms with Crippen molar-refractivity contribution < 1.29 is 30.9 Å². The van der Waals surface area contributed by atoms with Crippen molar-refractivity contribution in [1.82, 2.24) is 0 Å². The van der Waals surface area contributed by atoms with Crippen LogP contribution in [-0.4, -0.2) is 15.5 Å². The van der Waals surface area contributed by atoms with Gasteiger partial charge in [0.05, 0.1) is 0 Å². The molecule has 0 bridgehead atoms. The van der Waals surface area contributed by atoms with Crippen LogP contribution in [0.1, 0.15) is 19.8 Å². The van der Waals surface area contributed by atoms with Crippen LogP contribution in [0.5, 0.6) is 0 Å². The number of rotatable bonds is 4. The van der Waals surface area contributed by atoms with Gasteiger partial charge in [-0.25, -0.2) is 0 Å². The maximum absolute atomic E-state index is 8.69. The number of unbranched alkanes of at least 4 members (excludes halogenated alkanes) is 1. The summed E-state index contributed by atoms with van der Waals surface area (Å²) < 4.78 is 0. The van der Waals surface area contributed by atoms with Crippen LogP contribution in [0.15, 0.2) is 0 Å². The van der Waals surface area contributed by atoms with Gasteiger partial charge in [-0.1, -0.05) is 24.7 Å². The van der Waals surface area contributed by atoms with Crippen molar-refractivity contribution in [3.63, 3.8) is 0 Å². The molecule has 0 saturated heterocycles. The molecule has 0 aromatic carbocycles. The first-order chi connectivity index (χ1) is 4.06. The maximum Gasteiger partial charge on any atom is 0.242 e. The molecule has 6 heteroatoms. The summed E-state index contributed by atoms with van der Waals surface area (Å²) in [5.41, 5.74) is -2.95. The van der Waals surface area contributed by atoms with Crippen LogP contribution in [0, 0.1) is 0 Å². The molecule has 0 fully saturated rings. The number of hydrogen-bond acceptors (Lipinski definition) is 2. The zero-order valence-corrected chi connectivity index (χ0v) is 10.2. The van der Waals surface area contributed by atoms with Crippen molar-refractivity contribution in [3.8, 4) is 0 Å². The quantitative estimate of drug-likeness (QED) is 0.468. The maximum atomic E-state index is 8.69. The van der Waals surface area contributed by atoms with Crippen LogP contribution in [0.25, 0.3) is 0 Å². The molecule has 0 saturated carbocycles. The van der Waals surface area contributed by atoms with Crippen molar-refractivity contribution in [2.45, 2.75) is 19.8 Å². The minimum absolute atomic E-state index is 0. The van der Waals surface area contributed by atoms with E-state index >= 15 is 0 Å². The van der Waals surface area contributed by atoms with Crippen LogP contribution < -0.4 is 0 Å². The summed E-state index contributed by atoms with van der Waals surface area (Å²) in [6.45, 7) is 2.05. The first kappa shape index (κ1) is 14.2. The second-order valence-corrected chi connectivity index (χ2v) is 7.85. The fraction of sp³-hybridized carbons (Fsp3) is 1.00. The summed E-state index contributed by atoms with van der Waals surface area (Å²) in [7, 11) is 0. The SMILES string of the molecule is CCCCSP(O)(O)=S.[Mo]. The molecule has 0 amide bonds. The van der Waals surface area contributed by atoms with Gasteiger partial charge in [0.1, 0.15) is 0 Å². The van der Waals surface area contributed by atoms with Crippen LogP contribution in [0.4, 0.5) is 0 Å². The largest absolute Gasteiger partial charge is 0.338 e. The average Bonchev–Trinajstić information content (AvgIpc) is 1.63. The molecule has 0 spiro atoms. The third-order valence-corrected chi connectivity index (χ3v) is 4.07. The second kappa shape index (κ2) is 7.27. The Morgan fingerprint density at radius 1 is 1.50 bits per heavy atom. The fourth-order valence-electron chi connectivity index (χ4n) is 0.328. The second-order valence-electron chi connectivity index (χ2n) is 1.68. The molecule has 2 nitrogen and oxygen atoms in total. The Morgan fingerprint density at radius 3 is 2.30 bits per heavy atom. The molecule has 0 heterocycles. The van der Waals surface area contributed by atoms with E-state index in [0.29, 0.717) is 0 Å². The van der Waals surface area contributed by atoms with Crippen LogP contribution in [-0.2, 0) is 32.9 Å². The molecule has 0 aromatic rings. The Balaban J connectivity index is 0. The standard InChI is InChI=1S/C4H11O2PS2.Mo/c1-2-3-4-9-7(5,6)8;/h2-4H2,1H3,(H2,5,6,8);. The fourth-order valence-corrected chi connectivity index (χ4v) is 2.76. The van der Waals surface area contributed by atoms with Gasteiger partial charge in [-0.05, 0) is 18.2 Å². The molecule has 0 atom stereocenters. The zero-order chi connectivity index (χ0) is 7.33. The molecule has 62 valence electrons. The Labute approximate surface area is 85.0 Å². The monoisotopic (exact) mass is 284 g/mol. The van der Waals surface area contributed by atoms with Gasteiger partial charge in [-0.3, -0.25) is 0 Å². The van der Waals surface area contributed by atoms with E-state index < -0.39 is 5.69 Å². The van der Waals surface area contributed by atoms with E-state index in [1.165, 1.54) is 0 Å². The Morgan fingerprint density at radius 2 is 2.00 bits per heavy atom. The summed E-state index contributed by atoms with van der Waals surface area (Å²) >= 11 is 5.48. The minimum Gasteiger partial charge on any atom is -0.338 e. The van der Waals surface area contributed by atoms with Gasteiger partial charge in [0.2, 0.25) is 5.69 Å². The van der Waals surface area contributed by atoms with Gasteiger partial charge in [-0.15, -0.1) is 0 Å². The van der Waals surface area contributed by atoms with Crippen molar-refractivity contribution in [1.29, 1.82) is 0 Å². The van der Waals surface area contributed by atoms with Gasteiger partial charge in [-0.2, -0.15) is 0 Å². The summed E-state index contributed by atoms with van der Waals surface area (Å²) in [4.78, 5) is 17.4. The van der Waals surface area contributed by atoms with Gasteiger partial charge in [0.25, 0.3) is 0 Å². The number of hydrogen-bond donors (Lipinski definition) is 2. The third-order valence-electron chi connectivity index (χ3n) is 0.757. The van der Waals surface area contributed by atoms with Crippen molar-refractivity contribution in [3.05, 3.63) is 0 Å². The van der Waals surface area contributed by atoms with E-state index in [2.05, 4.69) is 18.7 Å². The van der Waals surface area contributed by atoms with Gasteiger partial charge in [0, 0.05) is 26.8 Å². The molecule has 10 heavy (non-hydrogen) atoms. The minimum atomic E-state index is -2.95. The summed E-state index contributed by atoms with van der Waals surface area (Å²) in [6, 6.07) is 0. The summed E-state index contributed by atoms with van der Waals surface area (Å²) in [6.07, 6.45) is 2.08. The normalized spacial score (nSPS) is 10.7. The average molecular weight is 282 g/mol. The predicted molar refractivity (Wildman–Crippen MR) is 46.1 cm³/mol. The van der Waals surface area contributed by atoms with Crippen LogP contribution in [0.3, 0.4) is 0 Å². The van der Waals surface area contributed by atoms with Gasteiger partial charge < -0.3 is 9.79 Å². The third kappa shape index (κ3) is 12.3. The van der Waals surface area contributed by atoms with E-state index in [-0.39, 0.29) is 21.1 Å². The first-order valence-electron chi connectivity index (χ1n) is 2.76. The molecule has 0 aliphatic carbocycles. The van der Waals surface area contributed by atoms with E-state index in [4.69, 9.17) is 9.79 Å². The van der Waals surface area contributed by atoms with Crippen molar-refractivity contribution in [2.75, 3.05) is 5.75 Å². The van der Waals surface area contributed by atoms with E-state index in [0.717, 1.165) is 30.0 Å². The van der Waals surface area contributed by atoms with Crippen molar-refractivity contribution >= 4 is 28.9 Å². The van der Waals surface area contributed by atoms with Crippen molar-refractivity contribution in [2.24, 2.45) is 0 Å². The zero-order valence-electron chi connectivity index (χ0n) is 5.69. The van der Waals surface area contributed by atoms with E-state index in [1.54, 1.807) is 0 Å².